The van der Waals surface area contributed by atoms with E-state index in [2.05, 4.69) is 10.4 Å². The number of nitrogens with zero attached hydrogens (tertiary/aromatic N) is 2. The first kappa shape index (κ1) is 16.4. The summed E-state index contributed by atoms with van der Waals surface area (Å²) in [5.41, 5.74) is 2.66. The number of hydrazine groups is 1. The van der Waals surface area contributed by atoms with Crippen LogP contribution in [-0.4, -0.2) is 57.9 Å². The maximum absolute atomic E-state index is 12.6. The number of hydrogen-bond acceptors (Lipinski definition) is 5. The van der Waals surface area contributed by atoms with E-state index in [0.717, 1.165) is 38.3 Å². The van der Waals surface area contributed by atoms with Crippen molar-refractivity contribution in [2.45, 2.75) is 50.6 Å². The Kier molecular flexibility index (Phi) is 5.48. The van der Waals surface area contributed by atoms with Crippen LogP contribution in [-0.2, 0) is 14.4 Å². The molecule has 1 saturated carbocycles. The zero-order valence-corrected chi connectivity index (χ0v) is 12.3. The minimum absolute atomic E-state index is 0.0162. The molecule has 1 aliphatic carbocycles. The zero-order valence-electron chi connectivity index (χ0n) is 12.3. The molecule has 1 aliphatic heterocycles. The van der Waals surface area contributed by atoms with E-state index < -0.39 is 24.0 Å². The average molecular weight is 311 g/mol. The Labute approximate surface area is 128 Å². The van der Waals surface area contributed by atoms with Gasteiger partial charge in [-0.25, -0.2) is 10.2 Å². The molecule has 0 aromatic heterocycles. The molecule has 0 radical (unpaired) electrons. The van der Waals surface area contributed by atoms with E-state index >= 15 is 0 Å². The predicted molar refractivity (Wildman–Crippen MR) is 77.4 cm³/mol. The minimum Gasteiger partial charge on any atom is -0.480 e. The molecule has 2 fully saturated rings. The van der Waals surface area contributed by atoms with Gasteiger partial charge in [0.2, 0.25) is 0 Å². The van der Waals surface area contributed by atoms with Gasteiger partial charge in [-0.05, 0) is 25.2 Å². The lowest BCUT2D eigenvalue weighted by atomic mass is 9.83. The Bertz CT molecular complexity index is 473. The van der Waals surface area contributed by atoms with Gasteiger partial charge in [0, 0.05) is 6.54 Å². The standard InChI is InChI=1S/C14H21N3O5/c18-11(19)8-15-12(9-4-2-1-3-5-9)13(20)17-7-6-10(16-17)14(21)22/h8-10,12,16H,1-7H2,(H,18,19)(H,21,22)/t10-,12+/m0/s1. The SMILES string of the molecule is O=C(O)C=N[C@@H](C(=O)N1CC[C@@H](C(=O)O)N1)C1CCCCC1. The van der Waals surface area contributed by atoms with E-state index in [4.69, 9.17) is 10.2 Å². The molecule has 2 atom stereocenters. The summed E-state index contributed by atoms with van der Waals surface area (Å²) in [6.45, 7) is 0.293. The first-order valence-corrected chi connectivity index (χ1v) is 7.55. The molecular weight excluding hydrogens is 290 g/mol. The topological polar surface area (TPSA) is 119 Å². The highest BCUT2D eigenvalue weighted by Gasteiger charge is 2.37. The number of carbonyl (C=O) groups excluding carboxylic acids is 1. The van der Waals surface area contributed by atoms with Crippen LogP contribution in [0, 0.1) is 5.92 Å². The maximum Gasteiger partial charge on any atom is 0.346 e. The van der Waals surface area contributed by atoms with Crippen LogP contribution < -0.4 is 5.43 Å². The van der Waals surface area contributed by atoms with Crippen molar-refractivity contribution in [1.82, 2.24) is 10.4 Å². The van der Waals surface area contributed by atoms with E-state index in [1.165, 1.54) is 5.01 Å². The summed E-state index contributed by atoms with van der Waals surface area (Å²) in [5.74, 6) is -2.51. The Morgan fingerprint density at radius 2 is 1.82 bits per heavy atom. The molecular formula is C14H21N3O5. The number of carboxylic acids is 2. The lowest BCUT2D eigenvalue weighted by molar-refractivity contribution is -0.141. The Hall–Kier alpha value is -1.96. The van der Waals surface area contributed by atoms with Gasteiger partial charge in [0.15, 0.2) is 0 Å². The van der Waals surface area contributed by atoms with E-state index in [1.54, 1.807) is 0 Å². The van der Waals surface area contributed by atoms with Crippen LogP contribution in [0.5, 0.6) is 0 Å². The second-order valence-electron chi connectivity index (χ2n) is 5.76. The predicted octanol–water partition coefficient (Wildman–Crippen LogP) is 0.281. The number of amides is 1. The molecule has 0 spiro atoms. The largest absolute Gasteiger partial charge is 0.480 e. The van der Waals surface area contributed by atoms with Gasteiger partial charge in [0.05, 0.1) is 0 Å². The molecule has 2 aliphatic rings. The lowest BCUT2D eigenvalue weighted by Gasteiger charge is -2.29. The quantitative estimate of drug-likeness (QED) is 0.627. The summed E-state index contributed by atoms with van der Waals surface area (Å²) < 4.78 is 0. The summed E-state index contributed by atoms with van der Waals surface area (Å²) in [5, 5.41) is 19.0. The molecule has 0 unspecified atom stereocenters. The summed E-state index contributed by atoms with van der Waals surface area (Å²) in [7, 11) is 0. The average Bonchev–Trinajstić information content (AvgIpc) is 2.98. The summed E-state index contributed by atoms with van der Waals surface area (Å²) in [6, 6.07) is -1.53. The van der Waals surface area contributed by atoms with Crippen molar-refractivity contribution < 1.29 is 24.6 Å². The van der Waals surface area contributed by atoms with Gasteiger partial charge in [-0.15, -0.1) is 0 Å². The highest BCUT2D eigenvalue weighted by Crippen LogP contribution is 2.29. The molecule has 122 valence electrons. The van der Waals surface area contributed by atoms with Gasteiger partial charge in [-0.2, -0.15) is 0 Å². The van der Waals surface area contributed by atoms with Crippen molar-refractivity contribution in [2.75, 3.05) is 6.54 Å². The van der Waals surface area contributed by atoms with Crippen LogP contribution in [0.1, 0.15) is 38.5 Å². The van der Waals surface area contributed by atoms with Crippen molar-refractivity contribution in [2.24, 2.45) is 10.9 Å². The van der Waals surface area contributed by atoms with Gasteiger partial charge in [-0.1, -0.05) is 19.3 Å². The molecule has 1 saturated heterocycles. The fourth-order valence-corrected chi connectivity index (χ4v) is 3.07. The van der Waals surface area contributed by atoms with Crippen LogP contribution >= 0.6 is 0 Å². The van der Waals surface area contributed by atoms with Crippen molar-refractivity contribution >= 4 is 24.1 Å². The Balaban J connectivity index is 2.08. The van der Waals surface area contributed by atoms with E-state index in [0.29, 0.717) is 13.0 Å². The molecule has 8 heteroatoms. The summed E-state index contributed by atoms with van der Waals surface area (Å²) >= 11 is 0. The van der Waals surface area contributed by atoms with Crippen molar-refractivity contribution in [1.29, 1.82) is 0 Å². The van der Waals surface area contributed by atoms with E-state index in [-0.39, 0.29) is 11.8 Å². The van der Waals surface area contributed by atoms with Crippen LogP contribution in [0.3, 0.4) is 0 Å². The first-order chi connectivity index (χ1) is 10.5. The molecule has 0 bridgehead atoms. The molecule has 8 nitrogen and oxygen atoms in total. The number of nitrogens with one attached hydrogen (secondary N) is 1. The number of carboxylic acid groups (broad SMARTS) is 2. The van der Waals surface area contributed by atoms with Crippen LogP contribution in [0.4, 0.5) is 0 Å². The van der Waals surface area contributed by atoms with E-state index in [1.807, 2.05) is 0 Å². The Morgan fingerprint density at radius 3 is 2.36 bits per heavy atom. The van der Waals surface area contributed by atoms with Crippen molar-refractivity contribution in [3.05, 3.63) is 0 Å². The fraction of sp³-hybridized carbons (Fsp3) is 0.714. The molecule has 3 N–H and O–H groups in total. The molecule has 0 aromatic rings. The van der Waals surface area contributed by atoms with E-state index in [9.17, 15) is 14.4 Å². The van der Waals surface area contributed by atoms with Gasteiger partial charge in [-0.3, -0.25) is 19.6 Å². The second kappa shape index (κ2) is 7.35. The number of aliphatic carboxylic acids is 2. The van der Waals surface area contributed by atoms with Crippen molar-refractivity contribution in [3.63, 3.8) is 0 Å². The second-order valence-corrected chi connectivity index (χ2v) is 5.76. The fourth-order valence-electron chi connectivity index (χ4n) is 3.07. The van der Waals surface area contributed by atoms with Gasteiger partial charge >= 0.3 is 11.9 Å². The third-order valence-corrected chi connectivity index (χ3v) is 4.21. The smallest absolute Gasteiger partial charge is 0.346 e. The number of carbonyl (C=O) groups is 3. The third-order valence-electron chi connectivity index (χ3n) is 4.21. The normalized spacial score (nSPS) is 24.5. The highest BCUT2D eigenvalue weighted by atomic mass is 16.4. The van der Waals surface area contributed by atoms with Crippen LogP contribution in [0.25, 0.3) is 0 Å². The number of hydrogen-bond donors (Lipinski definition) is 3. The monoisotopic (exact) mass is 311 g/mol. The molecule has 2 rings (SSSR count). The zero-order chi connectivity index (χ0) is 16.1. The maximum atomic E-state index is 12.6. The first-order valence-electron chi connectivity index (χ1n) is 7.55. The molecule has 1 heterocycles. The molecule has 1 amide bonds. The minimum atomic E-state index is -1.19. The number of rotatable bonds is 5. The van der Waals surface area contributed by atoms with Gasteiger partial charge < -0.3 is 10.2 Å². The lowest BCUT2D eigenvalue weighted by Crippen LogP contribution is -2.48. The number of aliphatic imine (C=N–C) groups is 1. The summed E-state index contributed by atoms with van der Waals surface area (Å²) in [6.07, 6.45) is 5.89. The third kappa shape index (κ3) is 4.03. The molecule has 22 heavy (non-hydrogen) atoms. The summed E-state index contributed by atoms with van der Waals surface area (Å²) in [4.78, 5) is 38.2. The van der Waals surface area contributed by atoms with Crippen molar-refractivity contribution in [3.8, 4) is 0 Å². The Morgan fingerprint density at radius 1 is 1.14 bits per heavy atom. The molecule has 0 aromatic carbocycles. The van der Waals surface area contributed by atoms with Crippen LogP contribution in [0.15, 0.2) is 4.99 Å². The highest BCUT2D eigenvalue weighted by molar-refractivity contribution is 6.22. The van der Waals surface area contributed by atoms with Gasteiger partial charge in [0.25, 0.3) is 5.91 Å². The van der Waals surface area contributed by atoms with Crippen LogP contribution in [0.2, 0.25) is 0 Å². The van der Waals surface area contributed by atoms with Gasteiger partial charge in [0.1, 0.15) is 18.3 Å².